The Balaban J connectivity index is 2.26. The van der Waals surface area contributed by atoms with Crippen LogP contribution in [0.25, 0.3) is 0 Å². The molecular formula is C23H25ClO4. The van der Waals surface area contributed by atoms with E-state index in [1.54, 1.807) is 45.0 Å². The van der Waals surface area contributed by atoms with E-state index >= 15 is 0 Å². The summed E-state index contributed by atoms with van der Waals surface area (Å²) in [7, 11) is 0. The van der Waals surface area contributed by atoms with Crippen molar-refractivity contribution in [3.8, 4) is 11.8 Å². The van der Waals surface area contributed by atoms with Crippen LogP contribution in [0.2, 0.25) is 5.02 Å². The van der Waals surface area contributed by atoms with E-state index in [4.69, 9.17) is 16.3 Å². The number of benzene rings is 2. The summed E-state index contributed by atoms with van der Waals surface area (Å²) < 4.78 is 5.47. The summed E-state index contributed by atoms with van der Waals surface area (Å²) in [6.07, 6.45) is -0.926. The summed E-state index contributed by atoms with van der Waals surface area (Å²) in [6, 6.07) is 12.5. The van der Waals surface area contributed by atoms with Gasteiger partial charge in [-0.25, -0.2) is 4.79 Å². The number of aliphatic carboxylic acids is 1. The largest absolute Gasteiger partial charge is 0.479 e. The van der Waals surface area contributed by atoms with Crippen LogP contribution in [0.5, 0.6) is 0 Å². The molecule has 0 radical (unpaired) electrons. The van der Waals surface area contributed by atoms with Crippen molar-refractivity contribution in [2.75, 3.05) is 0 Å². The fraction of sp³-hybridized carbons (Fsp3) is 0.348. The smallest absolute Gasteiger partial charge is 0.333 e. The number of rotatable bonds is 6. The third kappa shape index (κ3) is 6.10. The molecule has 0 saturated carbocycles. The average molecular weight is 401 g/mol. The van der Waals surface area contributed by atoms with Crippen LogP contribution in [0.15, 0.2) is 42.5 Å². The van der Waals surface area contributed by atoms with Gasteiger partial charge in [0.1, 0.15) is 5.60 Å². The number of hydrogen-bond acceptors (Lipinski definition) is 3. The van der Waals surface area contributed by atoms with Crippen LogP contribution in [-0.2, 0) is 21.6 Å². The molecule has 0 aromatic heterocycles. The van der Waals surface area contributed by atoms with Gasteiger partial charge in [-0.05, 0) is 62.6 Å². The number of aryl methyl sites for hydroxylation is 1. The standard InChI is InChI=1S/C23H25ClO4/c1-15(2)28-21(22(25)26)14-17-6-5-7-19(13-17)23(4,27)11-10-18-8-9-20(24)12-16(18)3/h5-9,12-13,15,21,27H,14H2,1-4H3,(H,25,26). The van der Waals surface area contributed by atoms with Gasteiger partial charge in [0.2, 0.25) is 0 Å². The normalized spacial score (nSPS) is 14.1. The summed E-state index contributed by atoms with van der Waals surface area (Å²) in [6.45, 7) is 7.12. The lowest BCUT2D eigenvalue weighted by atomic mass is 9.93. The number of carboxylic acid groups (broad SMARTS) is 1. The number of aliphatic hydroxyl groups is 1. The van der Waals surface area contributed by atoms with Crippen molar-refractivity contribution in [3.63, 3.8) is 0 Å². The first-order chi connectivity index (χ1) is 13.1. The maximum atomic E-state index is 11.4. The molecule has 2 atom stereocenters. The van der Waals surface area contributed by atoms with E-state index in [2.05, 4.69) is 11.8 Å². The van der Waals surface area contributed by atoms with Crippen molar-refractivity contribution < 1.29 is 19.7 Å². The van der Waals surface area contributed by atoms with Crippen LogP contribution in [0.3, 0.4) is 0 Å². The predicted octanol–water partition coefficient (Wildman–Crippen LogP) is 4.33. The maximum Gasteiger partial charge on any atom is 0.333 e. The molecule has 2 aromatic rings. The van der Waals surface area contributed by atoms with Crippen molar-refractivity contribution in [1.82, 2.24) is 0 Å². The summed E-state index contributed by atoms with van der Waals surface area (Å²) in [5.41, 5.74) is 1.68. The summed E-state index contributed by atoms with van der Waals surface area (Å²) in [5.74, 6) is 4.90. The van der Waals surface area contributed by atoms with E-state index in [0.717, 1.165) is 16.7 Å². The Kier molecular flexibility index (Phi) is 7.26. The lowest BCUT2D eigenvalue weighted by molar-refractivity contribution is -0.153. The fourth-order valence-electron chi connectivity index (χ4n) is 2.77. The van der Waals surface area contributed by atoms with Gasteiger partial charge in [0.15, 0.2) is 6.10 Å². The van der Waals surface area contributed by atoms with Crippen molar-refractivity contribution in [2.24, 2.45) is 0 Å². The second-order valence-corrected chi connectivity index (χ2v) is 7.63. The van der Waals surface area contributed by atoms with Crippen LogP contribution in [0.4, 0.5) is 0 Å². The van der Waals surface area contributed by atoms with Crippen molar-refractivity contribution in [1.29, 1.82) is 0 Å². The molecule has 2 rings (SSSR count). The highest BCUT2D eigenvalue weighted by Gasteiger charge is 2.23. The highest BCUT2D eigenvalue weighted by molar-refractivity contribution is 6.30. The molecule has 2 unspecified atom stereocenters. The quantitative estimate of drug-likeness (QED) is 0.708. The van der Waals surface area contributed by atoms with E-state index in [1.165, 1.54) is 0 Å². The van der Waals surface area contributed by atoms with E-state index < -0.39 is 17.7 Å². The number of carbonyl (C=O) groups is 1. The molecule has 0 fully saturated rings. The Morgan fingerprint density at radius 1 is 1.25 bits per heavy atom. The van der Waals surface area contributed by atoms with Crippen LogP contribution in [0.1, 0.15) is 43.0 Å². The molecule has 0 heterocycles. The van der Waals surface area contributed by atoms with Gasteiger partial charge in [-0.2, -0.15) is 0 Å². The highest BCUT2D eigenvalue weighted by Crippen LogP contribution is 2.23. The Labute approximate surface area is 171 Å². The van der Waals surface area contributed by atoms with Crippen molar-refractivity contribution in [3.05, 3.63) is 69.7 Å². The number of ether oxygens (including phenoxy) is 1. The maximum absolute atomic E-state index is 11.4. The highest BCUT2D eigenvalue weighted by atomic mass is 35.5. The second kappa shape index (κ2) is 9.25. The van der Waals surface area contributed by atoms with Gasteiger partial charge in [-0.1, -0.05) is 47.7 Å². The van der Waals surface area contributed by atoms with E-state index in [1.807, 2.05) is 25.1 Å². The fourth-order valence-corrected chi connectivity index (χ4v) is 2.99. The molecule has 28 heavy (non-hydrogen) atoms. The third-order valence-electron chi connectivity index (χ3n) is 4.25. The predicted molar refractivity (Wildman–Crippen MR) is 110 cm³/mol. The topological polar surface area (TPSA) is 66.8 Å². The zero-order valence-electron chi connectivity index (χ0n) is 16.5. The first kappa shape index (κ1) is 22.0. The lowest BCUT2D eigenvalue weighted by Gasteiger charge is -2.20. The van der Waals surface area contributed by atoms with Gasteiger partial charge in [0, 0.05) is 17.0 Å². The van der Waals surface area contributed by atoms with E-state index in [-0.39, 0.29) is 12.5 Å². The van der Waals surface area contributed by atoms with E-state index in [9.17, 15) is 15.0 Å². The molecule has 0 aliphatic rings. The van der Waals surface area contributed by atoms with Gasteiger partial charge in [-0.15, -0.1) is 0 Å². The molecule has 0 spiro atoms. The van der Waals surface area contributed by atoms with Crippen LogP contribution >= 0.6 is 11.6 Å². The summed E-state index contributed by atoms with van der Waals surface area (Å²) >= 11 is 5.97. The molecule has 0 aliphatic heterocycles. The second-order valence-electron chi connectivity index (χ2n) is 7.20. The van der Waals surface area contributed by atoms with Crippen molar-refractivity contribution in [2.45, 2.75) is 51.9 Å². The summed E-state index contributed by atoms with van der Waals surface area (Å²) in [5, 5.41) is 20.9. The Hall–Kier alpha value is -2.32. The van der Waals surface area contributed by atoms with Gasteiger partial charge in [-0.3, -0.25) is 0 Å². The number of carboxylic acids is 1. The van der Waals surface area contributed by atoms with Gasteiger partial charge in [0.05, 0.1) is 6.10 Å². The molecule has 4 nitrogen and oxygen atoms in total. The number of halogens is 1. The molecule has 5 heteroatoms. The van der Waals surface area contributed by atoms with Crippen LogP contribution in [-0.4, -0.2) is 28.4 Å². The molecule has 148 valence electrons. The molecule has 2 N–H and O–H groups in total. The SMILES string of the molecule is Cc1cc(Cl)ccc1C#CC(C)(O)c1cccc(CC(OC(C)C)C(=O)O)c1. The molecule has 2 aromatic carbocycles. The molecule has 0 saturated heterocycles. The van der Waals surface area contributed by atoms with Crippen LogP contribution in [0, 0.1) is 18.8 Å². The first-order valence-corrected chi connectivity index (χ1v) is 9.45. The third-order valence-corrected chi connectivity index (χ3v) is 4.49. The minimum absolute atomic E-state index is 0.194. The zero-order chi connectivity index (χ0) is 20.9. The average Bonchev–Trinajstić information content (AvgIpc) is 2.60. The molecule has 0 bridgehead atoms. The molecule has 0 amide bonds. The Morgan fingerprint density at radius 3 is 2.57 bits per heavy atom. The van der Waals surface area contributed by atoms with Gasteiger partial charge < -0.3 is 14.9 Å². The first-order valence-electron chi connectivity index (χ1n) is 9.08. The minimum Gasteiger partial charge on any atom is -0.479 e. The lowest BCUT2D eigenvalue weighted by Crippen LogP contribution is -2.29. The monoisotopic (exact) mass is 400 g/mol. The Morgan fingerprint density at radius 2 is 1.96 bits per heavy atom. The van der Waals surface area contributed by atoms with Gasteiger partial charge >= 0.3 is 5.97 Å². The molecular weight excluding hydrogens is 376 g/mol. The number of hydrogen-bond donors (Lipinski definition) is 2. The van der Waals surface area contributed by atoms with Crippen LogP contribution < -0.4 is 0 Å². The minimum atomic E-state index is -1.39. The van der Waals surface area contributed by atoms with Crippen molar-refractivity contribution >= 4 is 17.6 Å². The van der Waals surface area contributed by atoms with E-state index in [0.29, 0.717) is 10.6 Å². The summed E-state index contributed by atoms with van der Waals surface area (Å²) in [4.78, 5) is 11.4. The zero-order valence-corrected chi connectivity index (χ0v) is 17.2. The Bertz CT molecular complexity index is 906. The van der Waals surface area contributed by atoms with Gasteiger partial charge in [0.25, 0.3) is 0 Å². The molecule has 0 aliphatic carbocycles.